The Morgan fingerprint density at radius 1 is 1.15 bits per heavy atom. The molecule has 1 fully saturated rings. The highest BCUT2D eigenvalue weighted by atomic mass is 16.1. The van der Waals surface area contributed by atoms with E-state index in [4.69, 9.17) is 5.26 Å². The second-order valence-corrected chi connectivity index (χ2v) is 6.61. The Morgan fingerprint density at radius 2 is 1.89 bits per heavy atom. The lowest BCUT2D eigenvalue weighted by Gasteiger charge is -2.28. The van der Waals surface area contributed by atoms with Crippen LogP contribution in [0.4, 0.5) is 11.8 Å². The first-order chi connectivity index (χ1) is 13.2. The molecule has 2 N–H and O–H groups in total. The normalized spacial score (nSPS) is 13.7. The number of aromatic nitrogens is 2. The van der Waals surface area contributed by atoms with Gasteiger partial charge < -0.3 is 15.5 Å². The highest BCUT2D eigenvalue weighted by molar-refractivity contribution is 5.94. The zero-order valence-corrected chi connectivity index (χ0v) is 15.5. The van der Waals surface area contributed by atoms with Gasteiger partial charge in [0.05, 0.1) is 11.6 Å². The van der Waals surface area contributed by atoms with Crippen molar-refractivity contribution in [1.82, 2.24) is 15.3 Å². The fraction of sp³-hybridized carbons (Fsp3) is 0.400. The minimum atomic E-state index is -0.166. The molecule has 2 aromatic rings. The summed E-state index contributed by atoms with van der Waals surface area (Å²) >= 11 is 0. The molecule has 0 spiro atoms. The number of nitrogens with zero attached hydrogens (tertiary/aromatic N) is 4. The van der Waals surface area contributed by atoms with E-state index in [2.05, 4.69) is 25.5 Å². The van der Waals surface area contributed by atoms with Gasteiger partial charge in [-0.05, 0) is 50.5 Å². The Hall–Kier alpha value is -3.14. The maximum atomic E-state index is 12.1. The van der Waals surface area contributed by atoms with Crippen LogP contribution in [0.25, 0.3) is 0 Å². The first-order valence-corrected chi connectivity index (χ1v) is 9.28. The number of piperidine rings is 1. The van der Waals surface area contributed by atoms with Gasteiger partial charge in [0.25, 0.3) is 5.91 Å². The standard InChI is InChI=1S/C20H24N6O/c1-15-13-18(26-11-3-2-4-12-26)25-20(24-15)23-10-9-22-19(27)17-7-5-16(14-21)6-8-17/h5-8,13H,2-4,9-12H2,1H3,(H,22,27)(H,23,24,25). The van der Waals surface area contributed by atoms with Gasteiger partial charge in [-0.2, -0.15) is 10.2 Å². The minimum Gasteiger partial charge on any atom is -0.356 e. The number of hydrogen-bond donors (Lipinski definition) is 2. The summed E-state index contributed by atoms with van der Waals surface area (Å²) in [7, 11) is 0. The van der Waals surface area contributed by atoms with Gasteiger partial charge >= 0.3 is 0 Å². The molecule has 0 aliphatic carbocycles. The molecule has 0 atom stereocenters. The summed E-state index contributed by atoms with van der Waals surface area (Å²) in [4.78, 5) is 23.5. The average Bonchev–Trinajstić information content (AvgIpc) is 2.71. The van der Waals surface area contributed by atoms with Crippen molar-refractivity contribution in [2.24, 2.45) is 0 Å². The van der Waals surface area contributed by atoms with Crippen LogP contribution < -0.4 is 15.5 Å². The Bertz CT molecular complexity index is 821. The zero-order valence-electron chi connectivity index (χ0n) is 15.5. The number of nitriles is 1. The van der Waals surface area contributed by atoms with Crippen molar-refractivity contribution in [3.05, 3.63) is 47.2 Å². The molecular weight excluding hydrogens is 340 g/mol. The maximum absolute atomic E-state index is 12.1. The summed E-state index contributed by atoms with van der Waals surface area (Å²) in [6.45, 7) is 5.03. The van der Waals surface area contributed by atoms with Crippen LogP contribution in [0.1, 0.15) is 40.9 Å². The van der Waals surface area contributed by atoms with Crippen molar-refractivity contribution in [2.45, 2.75) is 26.2 Å². The molecule has 7 heteroatoms. The number of carbonyl (C=O) groups excluding carboxylic acids is 1. The number of hydrogen-bond acceptors (Lipinski definition) is 6. The number of rotatable bonds is 6. The van der Waals surface area contributed by atoms with Crippen LogP contribution in [-0.4, -0.2) is 42.1 Å². The molecule has 1 aromatic heterocycles. The van der Waals surface area contributed by atoms with Gasteiger partial charge in [-0.1, -0.05) is 0 Å². The van der Waals surface area contributed by atoms with Crippen LogP contribution in [-0.2, 0) is 0 Å². The van der Waals surface area contributed by atoms with Crippen molar-refractivity contribution < 1.29 is 4.79 Å². The largest absolute Gasteiger partial charge is 0.356 e. The van der Waals surface area contributed by atoms with Crippen LogP contribution in [0.15, 0.2) is 30.3 Å². The monoisotopic (exact) mass is 364 g/mol. The third-order valence-electron chi connectivity index (χ3n) is 4.49. The molecule has 140 valence electrons. The van der Waals surface area contributed by atoms with E-state index in [1.165, 1.54) is 19.3 Å². The van der Waals surface area contributed by atoms with Crippen LogP contribution in [0.3, 0.4) is 0 Å². The number of aryl methyl sites for hydroxylation is 1. The van der Waals surface area contributed by atoms with E-state index in [0.717, 1.165) is 24.6 Å². The SMILES string of the molecule is Cc1cc(N2CCCCC2)nc(NCCNC(=O)c2ccc(C#N)cc2)n1. The topological polar surface area (TPSA) is 93.9 Å². The van der Waals surface area contributed by atoms with Gasteiger partial charge in [-0.15, -0.1) is 0 Å². The van der Waals surface area contributed by atoms with Gasteiger partial charge in [0.1, 0.15) is 5.82 Å². The van der Waals surface area contributed by atoms with Crippen molar-refractivity contribution in [3.8, 4) is 6.07 Å². The molecule has 7 nitrogen and oxygen atoms in total. The molecule has 0 saturated carbocycles. The molecule has 27 heavy (non-hydrogen) atoms. The summed E-state index contributed by atoms with van der Waals surface area (Å²) in [6, 6.07) is 10.6. The molecule has 1 amide bonds. The van der Waals surface area contributed by atoms with Crippen LogP contribution in [0.2, 0.25) is 0 Å². The van der Waals surface area contributed by atoms with Crippen molar-refractivity contribution in [1.29, 1.82) is 5.26 Å². The summed E-state index contributed by atoms with van der Waals surface area (Å²) in [5, 5.41) is 14.8. The molecule has 1 aliphatic rings. The Balaban J connectivity index is 1.50. The molecule has 2 heterocycles. The van der Waals surface area contributed by atoms with E-state index < -0.39 is 0 Å². The molecule has 0 bridgehead atoms. The predicted octanol–water partition coefficient (Wildman–Crippen LogP) is 2.49. The van der Waals surface area contributed by atoms with Crippen molar-refractivity contribution in [3.63, 3.8) is 0 Å². The van der Waals surface area contributed by atoms with E-state index in [1.807, 2.05) is 19.1 Å². The van der Waals surface area contributed by atoms with E-state index in [0.29, 0.717) is 30.2 Å². The minimum absolute atomic E-state index is 0.166. The van der Waals surface area contributed by atoms with Crippen LogP contribution in [0, 0.1) is 18.3 Å². The number of benzene rings is 1. The number of amides is 1. The lowest BCUT2D eigenvalue weighted by Crippen LogP contribution is -2.31. The molecular formula is C20H24N6O. The van der Waals surface area contributed by atoms with Gasteiger partial charge in [0, 0.05) is 43.5 Å². The highest BCUT2D eigenvalue weighted by Gasteiger charge is 2.13. The molecule has 1 aliphatic heterocycles. The van der Waals surface area contributed by atoms with Gasteiger partial charge in [0.2, 0.25) is 5.95 Å². The molecule has 0 unspecified atom stereocenters. The second kappa shape index (κ2) is 8.99. The maximum Gasteiger partial charge on any atom is 0.251 e. The summed E-state index contributed by atoms with van der Waals surface area (Å²) in [5.41, 5.74) is 2.00. The number of nitrogens with one attached hydrogen (secondary N) is 2. The smallest absolute Gasteiger partial charge is 0.251 e. The van der Waals surface area contributed by atoms with Crippen molar-refractivity contribution in [2.75, 3.05) is 36.4 Å². The average molecular weight is 364 g/mol. The zero-order chi connectivity index (χ0) is 19.1. The lowest BCUT2D eigenvalue weighted by molar-refractivity contribution is 0.0955. The van der Waals surface area contributed by atoms with Crippen LogP contribution in [0.5, 0.6) is 0 Å². The van der Waals surface area contributed by atoms with Crippen LogP contribution >= 0.6 is 0 Å². The van der Waals surface area contributed by atoms with Gasteiger partial charge in [0.15, 0.2) is 0 Å². The Kier molecular flexibility index (Phi) is 6.21. The Morgan fingerprint density at radius 3 is 2.59 bits per heavy atom. The molecule has 0 radical (unpaired) electrons. The molecule has 1 saturated heterocycles. The fourth-order valence-electron chi connectivity index (χ4n) is 3.06. The fourth-order valence-corrected chi connectivity index (χ4v) is 3.06. The quantitative estimate of drug-likeness (QED) is 0.765. The first-order valence-electron chi connectivity index (χ1n) is 9.28. The highest BCUT2D eigenvalue weighted by Crippen LogP contribution is 2.19. The third-order valence-corrected chi connectivity index (χ3v) is 4.49. The second-order valence-electron chi connectivity index (χ2n) is 6.61. The number of anilines is 2. The van der Waals surface area contributed by atoms with E-state index >= 15 is 0 Å². The van der Waals surface area contributed by atoms with E-state index in [9.17, 15) is 4.79 Å². The number of carbonyl (C=O) groups is 1. The van der Waals surface area contributed by atoms with E-state index in [1.54, 1.807) is 24.3 Å². The third kappa shape index (κ3) is 5.17. The Labute approximate surface area is 159 Å². The lowest BCUT2D eigenvalue weighted by atomic mass is 10.1. The van der Waals surface area contributed by atoms with Gasteiger partial charge in [-0.25, -0.2) is 4.98 Å². The summed E-state index contributed by atoms with van der Waals surface area (Å²) in [6.07, 6.45) is 3.69. The van der Waals surface area contributed by atoms with Crippen molar-refractivity contribution >= 4 is 17.7 Å². The summed E-state index contributed by atoms with van der Waals surface area (Å²) < 4.78 is 0. The molecule has 3 rings (SSSR count). The summed E-state index contributed by atoms with van der Waals surface area (Å²) in [5.74, 6) is 1.38. The van der Waals surface area contributed by atoms with E-state index in [-0.39, 0.29) is 5.91 Å². The first kappa shape index (κ1) is 18.6. The van der Waals surface area contributed by atoms with Gasteiger partial charge in [-0.3, -0.25) is 4.79 Å². The molecule has 1 aromatic carbocycles. The predicted molar refractivity (Wildman–Crippen MR) is 105 cm³/mol.